The SMILES string of the molecule is CC(C)(Oc1ccc(Cl)cc1F)c1nnc(-c2ccc(C#N)cc2F)n1C1CC1. The van der Waals surface area contributed by atoms with Crippen LogP contribution in [0.2, 0.25) is 5.02 Å². The van der Waals surface area contributed by atoms with Crippen molar-refractivity contribution in [3.63, 3.8) is 0 Å². The van der Waals surface area contributed by atoms with Crippen LogP contribution >= 0.6 is 11.6 Å². The lowest BCUT2D eigenvalue weighted by Crippen LogP contribution is -2.30. The zero-order chi connectivity index (χ0) is 20.8. The molecule has 8 heteroatoms. The van der Waals surface area contributed by atoms with E-state index in [2.05, 4.69) is 10.2 Å². The average Bonchev–Trinajstić information content (AvgIpc) is 3.41. The molecule has 0 spiro atoms. The maximum Gasteiger partial charge on any atom is 0.177 e. The molecule has 0 bridgehead atoms. The Hall–Kier alpha value is -2.98. The first-order chi connectivity index (χ1) is 13.8. The number of hydrogen-bond donors (Lipinski definition) is 0. The third-order valence-electron chi connectivity index (χ3n) is 4.74. The summed E-state index contributed by atoms with van der Waals surface area (Å²) in [4.78, 5) is 0. The number of hydrogen-bond acceptors (Lipinski definition) is 4. The summed E-state index contributed by atoms with van der Waals surface area (Å²) in [6, 6.07) is 10.4. The zero-order valence-electron chi connectivity index (χ0n) is 15.8. The van der Waals surface area contributed by atoms with Gasteiger partial charge in [0.2, 0.25) is 0 Å². The van der Waals surface area contributed by atoms with E-state index >= 15 is 0 Å². The molecule has 0 amide bonds. The third kappa shape index (κ3) is 3.68. The number of benzene rings is 2. The van der Waals surface area contributed by atoms with Crippen molar-refractivity contribution in [2.75, 3.05) is 0 Å². The first-order valence-electron chi connectivity index (χ1n) is 9.09. The number of nitrogens with zero attached hydrogens (tertiary/aromatic N) is 4. The maximum atomic E-state index is 14.6. The molecule has 0 radical (unpaired) electrons. The van der Waals surface area contributed by atoms with Gasteiger partial charge in [0.15, 0.2) is 28.8 Å². The molecule has 1 aliphatic rings. The number of nitriles is 1. The van der Waals surface area contributed by atoms with Crippen LogP contribution in [0.15, 0.2) is 36.4 Å². The van der Waals surface area contributed by atoms with Gasteiger partial charge in [-0.2, -0.15) is 5.26 Å². The Morgan fingerprint density at radius 3 is 2.52 bits per heavy atom. The summed E-state index contributed by atoms with van der Waals surface area (Å²) >= 11 is 5.81. The van der Waals surface area contributed by atoms with Gasteiger partial charge in [0.1, 0.15) is 5.82 Å². The van der Waals surface area contributed by atoms with Crippen molar-refractivity contribution in [2.24, 2.45) is 0 Å². The molecular formula is C21H17ClF2N4O. The smallest absolute Gasteiger partial charge is 0.177 e. The fraction of sp³-hybridized carbons (Fsp3) is 0.286. The van der Waals surface area contributed by atoms with Crippen LogP contribution in [0.1, 0.15) is 44.1 Å². The van der Waals surface area contributed by atoms with Crippen LogP contribution in [-0.2, 0) is 5.60 Å². The first-order valence-corrected chi connectivity index (χ1v) is 9.47. The molecule has 1 aromatic heterocycles. The monoisotopic (exact) mass is 414 g/mol. The molecule has 5 nitrogen and oxygen atoms in total. The molecule has 0 N–H and O–H groups in total. The number of aromatic nitrogens is 3. The van der Waals surface area contributed by atoms with E-state index in [0.29, 0.717) is 11.6 Å². The summed E-state index contributed by atoms with van der Waals surface area (Å²) in [5.74, 6) is -0.268. The minimum absolute atomic E-state index is 0.0378. The van der Waals surface area contributed by atoms with Gasteiger partial charge in [-0.1, -0.05) is 11.6 Å². The van der Waals surface area contributed by atoms with Crippen molar-refractivity contribution < 1.29 is 13.5 Å². The molecule has 0 aliphatic heterocycles. The molecule has 0 atom stereocenters. The Balaban J connectivity index is 1.76. The summed E-state index contributed by atoms with van der Waals surface area (Å²) in [7, 11) is 0. The van der Waals surface area contributed by atoms with Gasteiger partial charge < -0.3 is 9.30 Å². The van der Waals surface area contributed by atoms with Crippen LogP contribution in [0.25, 0.3) is 11.4 Å². The van der Waals surface area contributed by atoms with Crippen molar-refractivity contribution in [2.45, 2.75) is 38.3 Å². The molecule has 4 rings (SSSR count). The van der Waals surface area contributed by atoms with Crippen LogP contribution in [0.5, 0.6) is 5.75 Å². The first kappa shape index (κ1) is 19.3. The number of rotatable bonds is 5. The van der Waals surface area contributed by atoms with Gasteiger partial charge in [-0.3, -0.25) is 0 Å². The molecule has 148 valence electrons. The number of halogens is 3. The van der Waals surface area contributed by atoms with Crippen LogP contribution < -0.4 is 4.74 Å². The van der Waals surface area contributed by atoms with E-state index in [1.165, 1.54) is 30.3 Å². The predicted molar refractivity (Wildman–Crippen MR) is 103 cm³/mol. The van der Waals surface area contributed by atoms with Gasteiger partial charge in [0.05, 0.1) is 17.2 Å². The fourth-order valence-electron chi connectivity index (χ4n) is 3.21. The van der Waals surface area contributed by atoms with Crippen molar-refractivity contribution in [1.29, 1.82) is 5.26 Å². The second-order valence-electron chi connectivity index (χ2n) is 7.44. The number of ether oxygens (including phenoxy) is 1. The highest BCUT2D eigenvalue weighted by atomic mass is 35.5. The lowest BCUT2D eigenvalue weighted by molar-refractivity contribution is 0.0882. The van der Waals surface area contributed by atoms with E-state index in [0.717, 1.165) is 12.8 Å². The molecule has 1 aliphatic carbocycles. The second kappa shape index (κ2) is 7.12. The minimum atomic E-state index is -1.04. The van der Waals surface area contributed by atoms with E-state index in [-0.39, 0.29) is 27.9 Å². The van der Waals surface area contributed by atoms with Crippen LogP contribution in [-0.4, -0.2) is 14.8 Å². The normalized spacial score (nSPS) is 13.9. The van der Waals surface area contributed by atoms with Gasteiger partial charge in [0.25, 0.3) is 0 Å². The molecule has 0 unspecified atom stereocenters. The lowest BCUT2D eigenvalue weighted by Gasteiger charge is -2.27. The molecule has 1 fully saturated rings. The predicted octanol–water partition coefficient (Wildman–Crippen LogP) is 5.40. The summed E-state index contributed by atoms with van der Waals surface area (Å²) in [6.45, 7) is 3.51. The minimum Gasteiger partial charge on any atom is -0.477 e. The molecule has 2 aromatic carbocycles. The van der Waals surface area contributed by atoms with Gasteiger partial charge in [-0.15, -0.1) is 10.2 Å². The highest BCUT2D eigenvalue weighted by Crippen LogP contribution is 2.42. The Morgan fingerprint density at radius 2 is 1.90 bits per heavy atom. The van der Waals surface area contributed by atoms with E-state index in [9.17, 15) is 8.78 Å². The van der Waals surface area contributed by atoms with Crippen molar-refractivity contribution in [1.82, 2.24) is 14.8 Å². The third-order valence-corrected chi connectivity index (χ3v) is 4.98. The molecule has 3 aromatic rings. The summed E-state index contributed by atoms with van der Waals surface area (Å²) in [6.07, 6.45) is 1.81. The van der Waals surface area contributed by atoms with E-state index in [4.69, 9.17) is 21.6 Å². The largest absolute Gasteiger partial charge is 0.477 e. The van der Waals surface area contributed by atoms with Crippen LogP contribution in [0, 0.1) is 23.0 Å². The van der Waals surface area contributed by atoms with Crippen molar-refractivity contribution >= 4 is 11.6 Å². The van der Waals surface area contributed by atoms with E-state index in [1.807, 2.05) is 10.6 Å². The molecular weight excluding hydrogens is 398 g/mol. The highest BCUT2D eigenvalue weighted by molar-refractivity contribution is 6.30. The summed E-state index contributed by atoms with van der Waals surface area (Å²) < 4.78 is 36.6. The summed E-state index contributed by atoms with van der Waals surface area (Å²) in [5.41, 5.74) is -0.556. The fourth-order valence-corrected chi connectivity index (χ4v) is 3.37. The Labute approximate surface area is 171 Å². The zero-order valence-corrected chi connectivity index (χ0v) is 16.5. The summed E-state index contributed by atoms with van der Waals surface area (Å²) in [5, 5.41) is 17.7. The van der Waals surface area contributed by atoms with Gasteiger partial charge >= 0.3 is 0 Å². The van der Waals surface area contributed by atoms with E-state index in [1.54, 1.807) is 19.9 Å². The van der Waals surface area contributed by atoms with Gasteiger partial charge in [0, 0.05) is 11.1 Å². The Morgan fingerprint density at radius 1 is 1.14 bits per heavy atom. The van der Waals surface area contributed by atoms with Gasteiger partial charge in [-0.05, 0) is 63.1 Å². The Kier molecular flexibility index (Phi) is 4.75. The van der Waals surface area contributed by atoms with Crippen LogP contribution in [0.4, 0.5) is 8.78 Å². The van der Waals surface area contributed by atoms with Crippen molar-refractivity contribution in [3.8, 4) is 23.2 Å². The molecule has 1 heterocycles. The second-order valence-corrected chi connectivity index (χ2v) is 7.88. The van der Waals surface area contributed by atoms with Crippen LogP contribution in [0.3, 0.4) is 0 Å². The lowest BCUT2D eigenvalue weighted by atomic mass is 10.1. The van der Waals surface area contributed by atoms with Gasteiger partial charge in [-0.25, -0.2) is 8.78 Å². The topological polar surface area (TPSA) is 63.7 Å². The standard InChI is InChI=1S/C21H17ClF2N4O/c1-21(2,29-18-8-4-13(22)10-17(18)24)20-27-26-19(28(20)14-5-6-14)15-7-3-12(11-25)9-16(15)23/h3-4,7-10,14H,5-6H2,1-2H3. The van der Waals surface area contributed by atoms with E-state index < -0.39 is 17.2 Å². The maximum absolute atomic E-state index is 14.6. The molecule has 29 heavy (non-hydrogen) atoms. The molecule has 1 saturated carbocycles. The average molecular weight is 415 g/mol. The molecule has 0 saturated heterocycles. The highest BCUT2D eigenvalue weighted by Gasteiger charge is 2.38. The quantitative estimate of drug-likeness (QED) is 0.561. The Bertz CT molecular complexity index is 1130. The van der Waals surface area contributed by atoms with Crippen molar-refractivity contribution in [3.05, 3.63) is 64.4 Å².